The predicted octanol–water partition coefficient (Wildman–Crippen LogP) is 2.88. The second-order valence-electron chi connectivity index (χ2n) is 9.07. The number of hydrogen-bond donors (Lipinski definition) is 1. The zero-order valence-corrected chi connectivity index (χ0v) is 19.6. The molecule has 3 fully saturated rings. The molecule has 2 aromatic heterocycles. The zero-order valence-electron chi connectivity index (χ0n) is 18.7. The minimum atomic E-state index is -0.383. The SMILES string of the molecule is CCOC(=O)N1CC2(CCC(=[N+]3CCN(c4ncc(F)cc4-c4cnc(S)nc4)CC3)C2)C1. The molecule has 0 unspecified atom stereocenters. The Hall–Kier alpha value is -2.75. The van der Waals surface area contributed by atoms with Crippen LogP contribution in [-0.4, -0.2) is 82.1 Å². The fourth-order valence-electron chi connectivity index (χ4n) is 5.26. The molecule has 33 heavy (non-hydrogen) atoms. The number of carbonyl (C=O) groups is 1. The molecule has 1 aliphatic carbocycles. The Morgan fingerprint density at radius 1 is 1.21 bits per heavy atom. The monoisotopic (exact) mass is 471 g/mol. The van der Waals surface area contributed by atoms with Gasteiger partial charge < -0.3 is 14.5 Å². The van der Waals surface area contributed by atoms with E-state index < -0.39 is 0 Å². The molecule has 2 saturated heterocycles. The van der Waals surface area contributed by atoms with Crippen LogP contribution < -0.4 is 4.90 Å². The Bertz CT molecular complexity index is 1080. The lowest BCUT2D eigenvalue weighted by atomic mass is 9.78. The number of likely N-dealkylation sites (tertiary alicyclic amines) is 1. The second-order valence-corrected chi connectivity index (χ2v) is 9.47. The van der Waals surface area contributed by atoms with Crippen LogP contribution in [0.15, 0.2) is 29.8 Å². The van der Waals surface area contributed by atoms with E-state index >= 15 is 0 Å². The van der Waals surface area contributed by atoms with Crippen LogP contribution in [0.5, 0.6) is 0 Å². The van der Waals surface area contributed by atoms with Crippen molar-refractivity contribution in [1.29, 1.82) is 0 Å². The summed E-state index contributed by atoms with van der Waals surface area (Å²) in [4.78, 5) is 28.6. The molecule has 0 atom stereocenters. The van der Waals surface area contributed by atoms with E-state index in [0.29, 0.717) is 17.3 Å². The Labute approximate surface area is 197 Å². The first-order valence-electron chi connectivity index (χ1n) is 11.4. The lowest BCUT2D eigenvalue weighted by Crippen LogP contribution is -2.57. The number of amides is 1. The summed E-state index contributed by atoms with van der Waals surface area (Å²) in [5, 5.41) is 0.376. The Kier molecular flexibility index (Phi) is 5.94. The number of carbonyl (C=O) groups excluding carboxylic acids is 1. The van der Waals surface area contributed by atoms with E-state index in [-0.39, 0.29) is 17.3 Å². The first-order valence-corrected chi connectivity index (χ1v) is 11.8. The van der Waals surface area contributed by atoms with Crippen molar-refractivity contribution in [2.24, 2.45) is 5.41 Å². The summed E-state index contributed by atoms with van der Waals surface area (Å²) < 4.78 is 21.6. The van der Waals surface area contributed by atoms with Gasteiger partial charge in [0.15, 0.2) is 24.0 Å². The van der Waals surface area contributed by atoms with Gasteiger partial charge in [-0.1, -0.05) is 0 Å². The third-order valence-electron chi connectivity index (χ3n) is 6.91. The number of rotatable bonds is 3. The van der Waals surface area contributed by atoms with Crippen LogP contribution in [0.25, 0.3) is 11.1 Å². The summed E-state index contributed by atoms with van der Waals surface area (Å²) in [6.07, 6.45) is 7.64. The average molecular weight is 472 g/mol. The summed E-state index contributed by atoms with van der Waals surface area (Å²) in [5.74, 6) is 0.370. The van der Waals surface area contributed by atoms with Crippen LogP contribution in [0.4, 0.5) is 15.0 Å². The summed E-state index contributed by atoms with van der Waals surface area (Å²) in [5.41, 5.74) is 3.13. The smallest absolute Gasteiger partial charge is 0.409 e. The number of halogens is 1. The minimum absolute atomic E-state index is 0.192. The normalized spacial score (nSPS) is 19.7. The van der Waals surface area contributed by atoms with Crippen molar-refractivity contribution < 1.29 is 18.5 Å². The van der Waals surface area contributed by atoms with Gasteiger partial charge >= 0.3 is 6.09 Å². The largest absolute Gasteiger partial charge is 0.450 e. The molecule has 8 nitrogen and oxygen atoms in total. The number of ether oxygens (including phenoxy) is 1. The number of piperazine rings is 1. The fraction of sp³-hybridized carbons (Fsp3) is 0.522. The van der Waals surface area contributed by atoms with Gasteiger partial charge in [0, 0.05) is 54.9 Å². The minimum Gasteiger partial charge on any atom is -0.450 e. The number of hydrogen-bond acceptors (Lipinski definition) is 7. The molecule has 3 aliphatic rings. The molecule has 2 aromatic rings. The van der Waals surface area contributed by atoms with Gasteiger partial charge in [-0.05, 0) is 19.4 Å². The van der Waals surface area contributed by atoms with Crippen molar-refractivity contribution in [1.82, 2.24) is 19.9 Å². The van der Waals surface area contributed by atoms with Crippen LogP contribution in [0, 0.1) is 11.2 Å². The molecule has 5 rings (SSSR count). The summed E-state index contributed by atoms with van der Waals surface area (Å²) >= 11 is 4.14. The third kappa shape index (κ3) is 4.40. The Morgan fingerprint density at radius 2 is 1.94 bits per heavy atom. The van der Waals surface area contributed by atoms with E-state index in [0.717, 1.165) is 69.9 Å². The standard InChI is InChI=1S/C23H27FN6O2S/c1-2-32-22(31)30-14-23(15-30)4-3-18(10-23)28-5-7-29(8-6-28)20-19(9-17(24)13-25-20)16-11-26-21(33)27-12-16/h9,11-13H,2-8,10,14-15H2,1H3/p+1. The van der Waals surface area contributed by atoms with Crippen molar-refractivity contribution in [3.63, 3.8) is 0 Å². The molecule has 4 heterocycles. The van der Waals surface area contributed by atoms with Crippen LogP contribution in [0.3, 0.4) is 0 Å². The highest BCUT2D eigenvalue weighted by molar-refractivity contribution is 7.80. The van der Waals surface area contributed by atoms with Crippen LogP contribution in [-0.2, 0) is 4.74 Å². The van der Waals surface area contributed by atoms with E-state index in [1.165, 1.54) is 18.0 Å². The van der Waals surface area contributed by atoms with Gasteiger partial charge in [-0.15, -0.1) is 12.6 Å². The maximum absolute atomic E-state index is 14.0. The van der Waals surface area contributed by atoms with E-state index in [1.54, 1.807) is 12.4 Å². The molecule has 0 bridgehead atoms. The molecule has 10 heteroatoms. The molecule has 0 radical (unpaired) electrons. The fourth-order valence-corrected chi connectivity index (χ4v) is 5.37. The first kappa shape index (κ1) is 22.1. The van der Waals surface area contributed by atoms with Crippen molar-refractivity contribution in [3.05, 3.63) is 30.5 Å². The van der Waals surface area contributed by atoms with Crippen LogP contribution in [0.2, 0.25) is 0 Å². The van der Waals surface area contributed by atoms with Gasteiger partial charge in [0.05, 0.1) is 25.9 Å². The van der Waals surface area contributed by atoms with Crippen LogP contribution >= 0.6 is 12.6 Å². The highest BCUT2D eigenvalue weighted by Crippen LogP contribution is 2.44. The third-order valence-corrected chi connectivity index (χ3v) is 7.14. The lowest BCUT2D eigenvalue weighted by molar-refractivity contribution is -0.531. The number of pyridine rings is 1. The van der Waals surface area contributed by atoms with E-state index in [4.69, 9.17) is 4.74 Å². The molecular weight excluding hydrogens is 443 g/mol. The molecule has 0 aromatic carbocycles. The second kappa shape index (κ2) is 8.89. The van der Waals surface area contributed by atoms with Gasteiger partial charge in [-0.25, -0.2) is 28.7 Å². The van der Waals surface area contributed by atoms with Crippen molar-refractivity contribution >= 4 is 30.3 Å². The van der Waals surface area contributed by atoms with E-state index in [9.17, 15) is 9.18 Å². The Balaban J connectivity index is 1.26. The molecule has 1 amide bonds. The molecular formula is C23H28FN6O2S+. The zero-order chi connectivity index (χ0) is 23.0. The van der Waals surface area contributed by atoms with Gasteiger partial charge in [-0.2, -0.15) is 0 Å². The van der Waals surface area contributed by atoms with Crippen molar-refractivity contribution in [2.45, 2.75) is 31.3 Å². The molecule has 2 aliphatic heterocycles. The topological polar surface area (TPSA) is 74.5 Å². The van der Waals surface area contributed by atoms with Crippen LogP contribution in [0.1, 0.15) is 26.2 Å². The molecule has 1 saturated carbocycles. The molecule has 0 N–H and O–H groups in total. The Morgan fingerprint density at radius 3 is 2.64 bits per heavy atom. The summed E-state index contributed by atoms with van der Waals surface area (Å²) in [6.45, 7) is 7.27. The summed E-state index contributed by atoms with van der Waals surface area (Å²) in [7, 11) is 0. The quantitative estimate of drug-likeness (QED) is 0.422. The molecule has 1 spiro atoms. The van der Waals surface area contributed by atoms with E-state index in [2.05, 4.69) is 37.1 Å². The van der Waals surface area contributed by atoms with Gasteiger partial charge in [0.1, 0.15) is 11.6 Å². The van der Waals surface area contributed by atoms with Gasteiger partial charge in [-0.3, -0.25) is 0 Å². The highest BCUT2D eigenvalue weighted by Gasteiger charge is 2.51. The first-order chi connectivity index (χ1) is 16.0. The maximum atomic E-state index is 14.0. The number of nitrogens with zero attached hydrogens (tertiary/aromatic N) is 6. The van der Waals surface area contributed by atoms with E-state index in [1.807, 2.05) is 11.8 Å². The summed E-state index contributed by atoms with van der Waals surface area (Å²) in [6, 6.07) is 1.49. The average Bonchev–Trinajstić information content (AvgIpc) is 3.25. The maximum Gasteiger partial charge on any atom is 0.409 e. The van der Waals surface area contributed by atoms with Crippen molar-refractivity contribution in [3.8, 4) is 11.1 Å². The van der Waals surface area contributed by atoms with Gasteiger partial charge in [0.2, 0.25) is 0 Å². The lowest BCUT2D eigenvalue weighted by Gasteiger charge is -2.46. The number of aromatic nitrogens is 3. The van der Waals surface area contributed by atoms with Gasteiger partial charge in [0.25, 0.3) is 0 Å². The van der Waals surface area contributed by atoms with Crippen molar-refractivity contribution in [2.75, 3.05) is 50.8 Å². The molecule has 174 valence electrons. The highest BCUT2D eigenvalue weighted by atomic mass is 32.1. The number of thiol groups is 1. The predicted molar refractivity (Wildman–Crippen MR) is 125 cm³/mol. The number of anilines is 1.